The normalized spacial score (nSPS) is 18.1. The second-order valence-electron chi connectivity index (χ2n) is 4.20. The van der Waals surface area contributed by atoms with Crippen molar-refractivity contribution in [3.05, 3.63) is 29.3 Å². The van der Waals surface area contributed by atoms with Crippen molar-refractivity contribution in [2.75, 3.05) is 13.2 Å². The van der Waals surface area contributed by atoms with E-state index in [0.717, 1.165) is 17.7 Å². The lowest BCUT2D eigenvalue weighted by molar-refractivity contribution is 0.0478. The van der Waals surface area contributed by atoms with Gasteiger partial charge in [-0.2, -0.15) is 0 Å². The Hall–Kier alpha value is -1.06. The van der Waals surface area contributed by atoms with E-state index in [2.05, 4.69) is 0 Å². The number of ether oxygens (including phenoxy) is 1. The minimum atomic E-state index is -0.884. The van der Waals surface area contributed by atoms with Gasteiger partial charge in [0.1, 0.15) is 5.75 Å². The summed E-state index contributed by atoms with van der Waals surface area (Å²) in [6, 6.07) is 5.93. The largest absolute Gasteiger partial charge is 0.493 e. The third-order valence-electron chi connectivity index (χ3n) is 2.93. The smallest absolute Gasteiger partial charge is 0.128 e. The Bertz CT molecular complexity index is 361. The Labute approximate surface area is 89.9 Å². The fourth-order valence-electron chi connectivity index (χ4n) is 2.06. The lowest BCUT2D eigenvalue weighted by atomic mass is 9.90. The molecular weight excluding hydrogens is 190 g/mol. The van der Waals surface area contributed by atoms with Gasteiger partial charge < -0.3 is 15.6 Å². The molecule has 1 atom stereocenters. The van der Waals surface area contributed by atoms with Gasteiger partial charge in [0.15, 0.2) is 0 Å². The van der Waals surface area contributed by atoms with Gasteiger partial charge in [-0.15, -0.1) is 0 Å². The number of hydrogen-bond acceptors (Lipinski definition) is 3. The van der Waals surface area contributed by atoms with Crippen molar-refractivity contribution >= 4 is 0 Å². The van der Waals surface area contributed by atoms with Gasteiger partial charge in [0.25, 0.3) is 0 Å². The number of benzene rings is 1. The van der Waals surface area contributed by atoms with E-state index in [0.29, 0.717) is 19.6 Å². The zero-order valence-electron chi connectivity index (χ0n) is 8.99. The second kappa shape index (κ2) is 3.83. The highest BCUT2D eigenvalue weighted by Gasteiger charge is 2.29. The summed E-state index contributed by atoms with van der Waals surface area (Å²) in [7, 11) is 0. The summed E-state index contributed by atoms with van der Waals surface area (Å²) in [6.07, 6.45) is 1.48. The highest BCUT2D eigenvalue weighted by atomic mass is 16.5. The lowest BCUT2D eigenvalue weighted by Gasteiger charge is -2.25. The molecule has 0 fully saturated rings. The van der Waals surface area contributed by atoms with E-state index in [1.54, 1.807) is 6.92 Å². The fraction of sp³-hybridized carbons (Fsp3) is 0.500. The number of para-hydroxylation sites is 1. The molecule has 3 N–H and O–H groups in total. The van der Waals surface area contributed by atoms with Crippen LogP contribution < -0.4 is 10.5 Å². The summed E-state index contributed by atoms with van der Waals surface area (Å²) in [5.74, 6) is 0.857. The standard InChI is InChI=1S/C12H17NO2/c1-12(14,6-7-13)10-4-2-3-9-5-8-15-11(9)10/h2-4,14H,5-8,13H2,1H3. The molecule has 0 bridgehead atoms. The highest BCUT2D eigenvalue weighted by molar-refractivity contribution is 5.46. The number of rotatable bonds is 3. The van der Waals surface area contributed by atoms with Crippen molar-refractivity contribution in [1.29, 1.82) is 0 Å². The zero-order chi connectivity index (χ0) is 10.9. The molecule has 0 radical (unpaired) electrons. The van der Waals surface area contributed by atoms with Crippen LogP contribution in [0.2, 0.25) is 0 Å². The van der Waals surface area contributed by atoms with Gasteiger partial charge in [0, 0.05) is 12.0 Å². The molecule has 1 aliphatic rings. The van der Waals surface area contributed by atoms with E-state index in [4.69, 9.17) is 10.5 Å². The van der Waals surface area contributed by atoms with Crippen LogP contribution in [0, 0.1) is 0 Å². The Morgan fingerprint density at radius 1 is 1.53 bits per heavy atom. The Kier molecular flexibility index (Phi) is 2.67. The topological polar surface area (TPSA) is 55.5 Å². The van der Waals surface area contributed by atoms with Crippen molar-refractivity contribution in [3.8, 4) is 5.75 Å². The molecule has 1 aromatic rings. The molecule has 0 aromatic heterocycles. The molecule has 1 heterocycles. The first-order valence-electron chi connectivity index (χ1n) is 5.33. The lowest BCUT2D eigenvalue weighted by Crippen LogP contribution is -2.25. The van der Waals surface area contributed by atoms with Crippen LogP contribution in [0.5, 0.6) is 5.75 Å². The predicted octanol–water partition coefficient (Wildman–Crippen LogP) is 1.18. The third-order valence-corrected chi connectivity index (χ3v) is 2.93. The van der Waals surface area contributed by atoms with E-state index >= 15 is 0 Å². The molecule has 3 heteroatoms. The third kappa shape index (κ3) is 1.85. The molecule has 1 unspecified atom stereocenters. The van der Waals surface area contributed by atoms with Gasteiger partial charge in [-0.25, -0.2) is 0 Å². The molecule has 2 rings (SSSR count). The molecule has 0 saturated carbocycles. The van der Waals surface area contributed by atoms with Gasteiger partial charge in [-0.3, -0.25) is 0 Å². The Morgan fingerprint density at radius 2 is 2.33 bits per heavy atom. The molecule has 0 spiro atoms. The molecule has 0 saturated heterocycles. The van der Waals surface area contributed by atoms with E-state index < -0.39 is 5.60 Å². The van der Waals surface area contributed by atoms with Crippen LogP contribution in [0.25, 0.3) is 0 Å². The minimum Gasteiger partial charge on any atom is -0.493 e. The van der Waals surface area contributed by atoms with Crippen molar-refractivity contribution < 1.29 is 9.84 Å². The maximum Gasteiger partial charge on any atom is 0.128 e. The first-order chi connectivity index (χ1) is 7.15. The fourth-order valence-corrected chi connectivity index (χ4v) is 2.06. The molecule has 15 heavy (non-hydrogen) atoms. The quantitative estimate of drug-likeness (QED) is 0.782. The van der Waals surface area contributed by atoms with E-state index in [1.165, 1.54) is 5.56 Å². The highest BCUT2D eigenvalue weighted by Crippen LogP contribution is 2.37. The summed E-state index contributed by atoms with van der Waals surface area (Å²) in [6.45, 7) is 2.97. The molecule has 82 valence electrons. The van der Waals surface area contributed by atoms with Gasteiger partial charge in [-0.05, 0) is 25.5 Å². The first-order valence-corrected chi connectivity index (χ1v) is 5.33. The van der Waals surface area contributed by atoms with Crippen LogP contribution in [-0.2, 0) is 12.0 Å². The summed E-state index contributed by atoms with van der Waals surface area (Å²) >= 11 is 0. The predicted molar refractivity (Wildman–Crippen MR) is 58.9 cm³/mol. The van der Waals surface area contributed by atoms with Crippen LogP contribution in [-0.4, -0.2) is 18.3 Å². The number of hydrogen-bond donors (Lipinski definition) is 2. The van der Waals surface area contributed by atoms with E-state index in [1.807, 2.05) is 18.2 Å². The van der Waals surface area contributed by atoms with Crippen molar-refractivity contribution in [1.82, 2.24) is 0 Å². The average molecular weight is 207 g/mol. The van der Waals surface area contributed by atoms with E-state index in [-0.39, 0.29) is 0 Å². The number of nitrogens with two attached hydrogens (primary N) is 1. The van der Waals surface area contributed by atoms with Crippen molar-refractivity contribution in [3.63, 3.8) is 0 Å². The number of fused-ring (bicyclic) bond motifs is 1. The molecule has 3 nitrogen and oxygen atoms in total. The minimum absolute atomic E-state index is 0.469. The van der Waals surface area contributed by atoms with Gasteiger partial charge in [0.05, 0.1) is 12.2 Å². The van der Waals surface area contributed by atoms with Crippen LogP contribution in [0.15, 0.2) is 18.2 Å². The molecule has 0 amide bonds. The molecule has 0 aliphatic carbocycles. The van der Waals surface area contributed by atoms with Crippen LogP contribution >= 0.6 is 0 Å². The molecule has 1 aliphatic heterocycles. The van der Waals surface area contributed by atoms with Gasteiger partial charge in [-0.1, -0.05) is 18.2 Å². The summed E-state index contributed by atoms with van der Waals surface area (Å²) < 4.78 is 5.56. The van der Waals surface area contributed by atoms with Crippen LogP contribution in [0.3, 0.4) is 0 Å². The van der Waals surface area contributed by atoms with Gasteiger partial charge >= 0.3 is 0 Å². The summed E-state index contributed by atoms with van der Waals surface area (Å²) in [5, 5.41) is 10.3. The van der Waals surface area contributed by atoms with Crippen LogP contribution in [0.4, 0.5) is 0 Å². The van der Waals surface area contributed by atoms with Gasteiger partial charge in [0.2, 0.25) is 0 Å². The van der Waals surface area contributed by atoms with E-state index in [9.17, 15) is 5.11 Å². The SMILES string of the molecule is CC(O)(CCN)c1cccc2c1OCC2. The average Bonchev–Trinajstić information content (AvgIpc) is 2.64. The summed E-state index contributed by atoms with van der Waals surface area (Å²) in [5.41, 5.74) is 6.66. The molecular formula is C12H17NO2. The maximum absolute atomic E-state index is 10.3. The first kappa shape index (κ1) is 10.5. The monoisotopic (exact) mass is 207 g/mol. The molecule has 1 aromatic carbocycles. The number of aliphatic hydroxyl groups is 1. The maximum atomic E-state index is 10.3. The Morgan fingerprint density at radius 3 is 3.07 bits per heavy atom. The van der Waals surface area contributed by atoms with Crippen LogP contribution in [0.1, 0.15) is 24.5 Å². The second-order valence-corrected chi connectivity index (χ2v) is 4.20. The summed E-state index contributed by atoms with van der Waals surface area (Å²) in [4.78, 5) is 0. The zero-order valence-corrected chi connectivity index (χ0v) is 8.99. The van der Waals surface area contributed by atoms with Crippen molar-refractivity contribution in [2.45, 2.75) is 25.4 Å². The van der Waals surface area contributed by atoms with Crippen molar-refractivity contribution in [2.24, 2.45) is 5.73 Å². The Balaban J connectivity index is 2.40.